The summed E-state index contributed by atoms with van der Waals surface area (Å²) in [4.78, 5) is 24.4. The van der Waals surface area contributed by atoms with Gasteiger partial charge in [-0.05, 0) is 38.5 Å². The van der Waals surface area contributed by atoms with Gasteiger partial charge >= 0.3 is 12.0 Å². The lowest BCUT2D eigenvalue weighted by molar-refractivity contribution is -0.139. The van der Waals surface area contributed by atoms with Crippen LogP contribution in [0.5, 0.6) is 17.2 Å². The zero-order valence-electron chi connectivity index (χ0n) is 15.6. The van der Waals surface area contributed by atoms with Crippen LogP contribution in [0.4, 0.5) is 4.79 Å². The number of hydrogen-bond donors (Lipinski definition) is 2. The summed E-state index contributed by atoms with van der Waals surface area (Å²) in [6.45, 7) is 5.89. The van der Waals surface area contributed by atoms with Crippen LogP contribution >= 0.6 is 0 Å². The van der Waals surface area contributed by atoms with E-state index < -0.39 is 18.0 Å². The number of methoxy groups -OCH3 is 2. The fourth-order valence-electron chi connectivity index (χ4n) is 2.78. The van der Waals surface area contributed by atoms with E-state index in [1.165, 1.54) is 14.2 Å². The maximum Gasteiger partial charge on any atom is 0.338 e. The molecule has 0 spiro atoms. The third-order valence-corrected chi connectivity index (χ3v) is 3.87. The quantitative estimate of drug-likeness (QED) is 0.721. The van der Waals surface area contributed by atoms with Gasteiger partial charge in [0.1, 0.15) is 0 Å². The van der Waals surface area contributed by atoms with E-state index in [1.54, 1.807) is 26.0 Å². The van der Waals surface area contributed by atoms with Crippen LogP contribution in [-0.2, 0) is 9.53 Å². The second-order valence-corrected chi connectivity index (χ2v) is 5.48. The molecule has 0 saturated heterocycles. The predicted octanol–water partition coefficient (Wildman–Crippen LogP) is 2.29. The molecule has 1 heterocycles. The van der Waals surface area contributed by atoms with Crippen molar-refractivity contribution in [3.63, 3.8) is 0 Å². The molecule has 1 aromatic rings. The summed E-state index contributed by atoms with van der Waals surface area (Å²) < 4.78 is 21.5. The Balaban J connectivity index is 2.58. The van der Waals surface area contributed by atoms with E-state index in [1.807, 2.05) is 6.92 Å². The van der Waals surface area contributed by atoms with Crippen molar-refractivity contribution in [3.05, 3.63) is 29.0 Å². The predicted molar refractivity (Wildman–Crippen MR) is 94.5 cm³/mol. The molecule has 0 bridgehead atoms. The Morgan fingerprint density at radius 1 is 1.12 bits per heavy atom. The van der Waals surface area contributed by atoms with Gasteiger partial charge in [0.15, 0.2) is 11.5 Å². The van der Waals surface area contributed by atoms with Gasteiger partial charge < -0.3 is 29.6 Å². The van der Waals surface area contributed by atoms with Gasteiger partial charge in [0, 0.05) is 5.70 Å². The molecule has 0 aromatic heterocycles. The van der Waals surface area contributed by atoms with E-state index in [9.17, 15) is 9.59 Å². The Morgan fingerprint density at radius 2 is 1.73 bits per heavy atom. The van der Waals surface area contributed by atoms with Gasteiger partial charge in [0.05, 0.1) is 39.0 Å². The molecule has 8 heteroatoms. The fraction of sp³-hybridized carbons (Fsp3) is 0.444. The second-order valence-electron chi connectivity index (χ2n) is 5.48. The number of hydrogen-bond acceptors (Lipinski definition) is 6. The van der Waals surface area contributed by atoms with Crippen LogP contribution in [0.15, 0.2) is 23.4 Å². The number of nitrogens with one attached hydrogen (secondary N) is 2. The van der Waals surface area contributed by atoms with Crippen LogP contribution in [0.2, 0.25) is 0 Å². The van der Waals surface area contributed by atoms with Gasteiger partial charge in [0.2, 0.25) is 5.75 Å². The lowest BCUT2D eigenvalue weighted by Gasteiger charge is -2.29. The van der Waals surface area contributed by atoms with Gasteiger partial charge in [-0.15, -0.1) is 0 Å². The normalized spacial score (nSPS) is 16.5. The molecule has 1 atom stereocenters. The Kier molecular flexibility index (Phi) is 6.32. The lowest BCUT2D eigenvalue weighted by Crippen LogP contribution is -2.45. The molecule has 26 heavy (non-hydrogen) atoms. The first-order valence-corrected chi connectivity index (χ1v) is 8.30. The first kappa shape index (κ1) is 19.4. The van der Waals surface area contributed by atoms with Crippen LogP contribution in [0.3, 0.4) is 0 Å². The Hall–Kier alpha value is -2.90. The summed E-state index contributed by atoms with van der Waals surface area (Å²) in [5.74, 6) is 0.832. The first-order valence-electron chi connectivity index (χ1n) is 8.30. The third kappa shape index (κ3) is 3.84. The van der Waals surface area contributed by atoms with Crippen molar-refractivity contribution in [1.82, 2.24) is 10.6 Å². The molecule has 0 saturated carbocycles. The van der Waals surface area contributed by atoms with Crippen LogP contribution in [0.25, 0.3) is 0 Å². The van der Waals surface area contributed by atoms with E-state index >= 15 is 0 Å². The number of carbonyl (C=O) groups excluding carboxylic acids is 2. The number of rotatable bonds is 7. The number of allylic oxidation sites excluding steroid dienone is 1. The molecule has 2 N–H and O–H groups in total. The number of esters is 1. The van der Waals surface area contributed by atoms with Crippen molar-refractivity contribution in [3.8, 4) is 17.2 Å². The Morgan fingerprint density at radius 3 is 2.23 bits per heavy atom. The summed E-state index contributed by atoms with van der Waals surface area (Å²) in [5.41, 5.74) is 1.36. The number of benzene rings is 1. The molecule has 8 nitrogen and oxygen atoms in total. The molecule has 1 aliphatic rings. The Labute approximate surface area is 152 Å². The molecule has 0 aliphatic carbocycles. The van der Waals surface area contributed by atoms with Crippen molar-refractivity contribution in [1.29, 1.82) is 0 Å². The zero-order valence-corrected chi connectivity index (χ0v) is 15.6. The first-order chi connectivity index (χ1) is 12.5. The second kappa shape index (κ2) is 8.46. The van der Waals surface area contributed by atoms with Crippen molar-refractivity contribution in [2.45, 2.75) is 26.8 Å². The van der Waals surface area contributed by atoms with Crippen molar-refractivity contribution >= 4 is 12.0 Å². The highest BCUT2D eigenvalue weighted by molar-refractivity contribution is 5.95. The van der Waals surface area contributed by atoms with E-state index in [0.717, 1.165) is 0 Å². The Bertz CT molecular complexity index is 703. The minimum atomic E-state index is -0.707. The third-order valence-electron chi connectivity index (χ3n) is 3.87. The van der Waals surface area contributed by atoms with E-state index in [-0.39, 0.29) is 6.61 Å². The van der Waals surface area contributed by atoms with Gasteiger partial charge in [0.25, 0.3) is 0 Å². The molecule has 142 valence electrons. The number of ether oxygens (including phenoxy) is 4. The van der Waals surface area contributed by atoms with Crippen LogP contribution in [-0.4, -0.2) is 39.4 Å². The highest BCUT2D eigenvalue weighted by atomic mass is 16.5. The van der Waals surface area contributed by atoms with E-state index in [2.05, 4.69) is 10.6 Å². The fourth-order valence-corrected chi connectivity index (χ4v) is 2.78. The van der Waals surface area contributed by atoms with Crippen molar-refractivity contribution in [2.24, 2.45) is 0 Å². The largest absolute Gasteiger partial charge is 0.493 e. The van der Waals surface area contributed by atoms with Crippen molar-refractivity contribution < 1.29 is 28.5 Å². The molecule has 1 aromatic carbocycles. The highest BCUT2D eigenvalue weighted by Gasteiger charge is 2.33. The lowest BCUT2D eigenvalue weighted by atomic mass is 9.95. The zero-order chi connectivity index (χ0) is 19.3. The van der Waals surface area contributed by atoms with Gasteiger partial charge in [-0.3, -0.25) is 0 Å². The number of amides is 2. The van der Waals surface area contributed by atoms with E-state index in [4.69, 9.17) is 18.9 Å². The molecule has 1 unspecified atom stereocenters. The summed E-state index contributed by atoms with van der Waals surface area (Å²) >= 11 is 0. The smallest absolute Gasteiger partial charge is 0.338 e. The highest BCUT2D eigenvalue weighted by Crippen LogP contribution is 2.41. The molecule has 0 fully saturated rings. The number of urea groups is 1. The monoisotopic (exact) mass is 364 g/mol. The number of carbonyl (C=O) groups is 2. The molecular formula is C18H24N2O6. The van der Waals surface area contributed by atoms with Gasteiger partial charge in [-0.25, -0.2) is 9.59 Å². The maximum absolute atomic E-state index is 12.4. The summed E-state index contributed by atoms with van der Waals surface area (Å²) in [7, 11) is 3.02. The van der Waals surface area contributed by atoms with Crippen LogP contribution in [0, 0.1) is 0 Å². The SMILES string of the molecule is CCOC(=O)C1=C(C)NC(=O)NC1c1cc(OC)c(OCC)c(OC)c1. The molecular weight excluding hydrogens is 340 g/mol. The standard InChI is InChI=1S/C18H24N2O6/c1-6-25-16-12(23-4)8-11(9-13(16)24-5)15-14(17(21)26-7-2)10(3)19-18(22)20-15/h8-9,15H,6-7H2,1-5H3,(H2,19,20,22). The average molecular weight is 364 g/mol. The maximum atomic E-state index is 12.4. The van der Waals surface area contributed by atoms with Crippen LogP contribution < -0.4 is 24.8 Å². The minimum Gasteiger partial charge on any atom is -0.493 e. The molecule has 1 aliphatic heterocycles. The topological polar surface area (TPSA) is 95.1 Å². The minimum absolute atomic E-state index is 0.228. The summed E-state index contributed by atoms with van der Waals surface area (Å²) in [6, 6.07) is 2.29. The molecule has 2 rings (SSSR count). The van der Waals surface area contributed by atoms with E-state index in [0.29, 0.717) is 40.7 Å². The van der Waals surface area contributed by atoms with Crippen molar-refractivity contribution in [2.75, 3.05) is 27.4 Å². The molecule has 2 amide bonds. The molecule has 0 radical (unpaired) electrons. The summed E-state index contributed by atoms with van der Waals surface area (Å²) in [5, 5.41) is 5.34. The average Bonchev–Trinajstić information content (AvgIpc) is 2.61. The van der Waals surface area contributed by atoms with Crippen LogP contribution in [0.1, 0.15) is 32.4 Å². The summed E-state index contributed by atoms with van der Waals surface area (Å²) in [6.07, 6.45) is 0. The van der Waals surface area contributed by atoms with Gasteiger partial charge in [-0.2, -0.15) is 0 Å². The van der Waals surface area contributed by atoms with Gasteiger partial charge in [-0.1, -0.05) is 0 Å².